The molecule has 1 aromatic carbocycles. The quantitative estimate of drug-likeness (QED) is 0.870. The van der Waals surface area contributed by atoms with Crippen molar-refractivity contribution in [2.75, 3.05) is 33.2 Å². The Balaban J connectivity index is 1.32. The third-order valence-electron chi connectivity index (χ3n) is 4.51. The van der Waals surface area contributed by atoms with Crippen LogP contribution in [0.25, 0.3) is 10.2 Å². The number of amides is 1. The van der Waals surface area contributed by atoms with E-state index in [1.54, 1.807) is 11.3 Å². The maximum atomic E-state index is 12.2. The van der Waals surface area contributed by atoms with Crippen LogP contribution in [-0.2, 0) is 11.2 Å². The van der Waals surface area contributed by atoms with Crippen molar-refractivity contribution < 1.29 is 4.79 Å². The molecule has 2 aromatic rings. The monoisotopic (exact) mass is 301 g/mol. The van der Waals surface area contributed by atoms with E-state index in [2.05, 4.69) is 23.0 Å². The number of hydrogen-bond acceptors (Lipinski definition) is 4. The molecule has 0 atom stereocenters. The highest BCUT2D eigenvalue weighted by atomic mass is 32.1. The van der Waals surface area contributed by atoms with Gasteiger partial charge < -0.3 is 9.80 Å². The molecule has 2 fully saturated rings. The van der Waals surface area contributed by atoms with Gasteiger partial charge in [-0.2, -0.15) is 0 Å². The van der Waals surface area contributed by atoms with Crippen LogP contribution in [0.4, 0.5) is 0 Å². The Labute approximate surface area is 128 Å². The van der Waals surface area contributed by atoms with E-state index in [1.807, 2.05) is 23.1 Å². The topological polar surface area (TPSA) is 36.4 Å². The lowest BCUT2D eigenvalue weighted by atomic mass is 9.73. The largest absolute Gasteiger partial charge is 0.341 e. The fraction of sp³-hybridized carbons (Fsp3) is 0.500. The summed E-state index contributed by atoms with van der Waals surface area (Å²) in [4.78, 5) is 21.1. The van der Waals surface area contributed by atoms with E-state index in [0.29, 0.717) is 11.8 Å². The van der Waals surface area contributed by atoms with Gasteiger partial charge in [-0.15, -0.1) is 11.3 Å². The van der Waals surface area contributed by atoms with Crippen LogP contribution in [0.2, 0.25) is 0 Å². The molecule has 21 heavy (non-hydrogen) atoms. The highest BCUT2D eigenvalue weighted by Gasteiger charge is 2.51. The number of nitrogens with zero attached hydrogens (tertiary/aromatic N) is 3. The lowest BCUT2D eigenvalue weighted by Crippen LogP contribution is -2.72. The van der Waals surface area contributed by atoms with Gasteiger partial charge in [-0.3, -0.25) is 4.79 Å². The third-order valence-corrected chi connectivity index (χ3v) is 5.60. The van der Waals surface area contributed by atoms with Crippen LogP contribution in [0, 0.1) is 5.41 Å². The molecule has 4 nitrogen and oxygen atoms in total. The zero-order valence-corrected chi connectivity index (χ0v) is 13.0. The molecule has 0 bridgehead atoms. The Morgan fingerprint density at radius 3 is 2.76 bits per heavy atom. The van der Waals surface area contributed by atoms with Gasteiger partial charge in [0.25, 0.3) is 0 Å². The SMILES string of the molecule is CN1CC2(C1)CN(C(=O)CCc1nc3ccccc3s1)C2. The van der Waals surface area contributed by atoms with Gasteiger partial charge in [0, 0.05) is 44.4 Å². The second-order valence-corrected chi connectivity index (χ2v) is 7.61. The molecule has 1 amide bonds. The average molecular weight is 301 g/mol. The number of benzene rings is 1. The molecule has 0 radical (unpaired) electrons. The molecule has 0 aliphatic carbocycles. The second-order valence-electron chi connectivity index (χ2n) is 6.50. The summed E-state index contributed by atoms with van der Waals surface area (Å²) in [5, 5.41) is 1.07. The van der Waals surface area contributed by atoms with Crippen LogP contribution in [0.3, 0.4) is 0 Å². The number of carbonyl (C=O) groups excluding carboxylic acids is 1. The van der Waals surface area contributed by atoms with Crippen LogP contribution in [-0.4, -0.2) is 53.9 Å². The van der Waals surface area contributed by atoms with Gasteiger partial charge in [-0.1, -0.05) is 12.1 Å². The number of rotatable bonds is 3. The van der Waals surface area contributed by atoms with Gasteiger partial charge in [0.1, 0.15) is 0 Å². The lowest BCUT2D eigenvalue weighted by Gasteiger charge is -2.59. The minimum Gasteiger partial charge on any atom is -0.341 e. The Morgan fingerprint density at radius 1 is 1.29 bits per heavy atom. The molecule has 2 aliphatic heterocycles. The molecule has 4 rings (SSSR count). The van der Waals surface area contributed by atoms with E-state index >= 15 is 0 Å². The highest BCUT2D eigenvalue weighted by molar-refractivity contribution is 7.18. The molecule has 5 heteroatoms. The summed E-state index contributed by atoms with van der Waals surface area (Å²) in [6, 6.07) is 8.16. The van der Waals surface area contributed by atoms with Gasteiger partial charge in [-0.25, -0.2) is 4.98 Å². The normalized spacial score (nSPS) is 20.5. The summed E-state index contributed by atoms with van der Waals surface area (Å²) in [5.74, 6) is 0.287. The molecule has 0 saturated carbocycles. The summed E-state index contributed by atoms with van der Waals surface area (Å²) in [7, 11) is 2.14. The molecular weight excluding hydrogens is 282 g/mol. The van der Waals surface area contributed by atoms with Gasteiger partial charge in [-0.05, 0) is 19.2 Å². The van der Waals surface area contributed by atoms with E-state index in [1.165, 1.54) is 4.70 Å². The Hall–Kier alpha value is -1.46. The number of carbonyl (C=O) groups is 1. The van der Waals surface area contributed by atoms with Crippen molar-refractivity contribution in [2.24, 2.45) is 5.41 Å². The van der Waals surface area contributed by atoms with E-state index in [-0.39, 0.29) is 5.91 Å². The van der Waals surface area contributed by atoms with Gasteiger partial charge >= 0.3 is 0 Å². The predicted molar refractivity (Wildman–Crippen MR) is 84.5 cm³/mol. The fourth-order valence-electron chi connectivity index (χ4n) is 3.64. The number of likely N-dealkylation sites (tertiary alicyclic amines) is 2. The number of aryl methyl sites for hydroxylation is 1. The fourth-order valence-corrected chi connectivity index (χ4v) is 4.60. The number of fused-ring (bicyclic) bond motifs is 1. The molecule has 2 saturated heterocycles. The van der Waals surface area contributed by atoms with Gasteiger partial charge in [0.2, 0.25) is 5.91 Å². The zero-order valence-electron chi connectivity index (χ0n) is 12.2. The standard InChI is InChI=1S/C16H19N3OS/c1-18-8-16(9-18)10-19(11-16)15(20)7-6-14-17-12-4-2-3-5-13(12)21-14/h2-5H,6-11H2,1H3. The molecule has 1 aromatic heterocycles. The van der Waals surface area contributed by atoms with E-state index < -0.39 is 0 Å². The second kappa shape index (κ2) is 4.78. The molecule has 0 N–H and O–H groups in total. The predicted octanol–water partition coefficient (Wildman–Crippen LogP) is 2.00. The van der Waals surface area contributed by atoms with Crippen LogP contribution < -0.4 is 0 Å². The summed E-state index contributed by atoms with van der Waals surface area (Å²) in [6.45, 7) is 4.20. The smallest absolute Gasteiger partial charge is 0.223 e. The number of aromatic nitrogens is 1. The number of hydrogen-bond donors (Lipinski definition) is 0. The van der Waals surface area contributed by atoms with Crippen molar-refractivity contribution >= 4 is 27.5 Å². The maximum Gasteiger partial charge on any atom is 0.223 e. The van der Waals surface area contributed by atoms with E-state index in [0.717, 1.165) is 43.1 Å². The third kappa shape index (κ3) is 2.34. The molecule has 1 spiro atoms. The van der Waals surface area contributed by atoms with Crippen LogP contribution in [0.15, 0.2) is 24.3 Å². The highest BCUT2D eigenvalue weighted by Crippen LogP contribution is 2.38. The van der Waals surface area contributed by atoms with E-state index in [9.17, 15) is 4.79 Å². The van der Waals surface area contributed by atoms with Crippen molar-refractivity contribution in [3.05, 3.63) is 29.3 Å². The maximum absolute atomic E-state index is 12.2. The Kier molecular flexibility index (Phi) is 3.01. The van der Waals surface area contributed by atoms with Crippen molar-refractivity contribution in [3.8, 4) is 0 Å². The number of thiazole rings is 1. The first-order valence-electron chi connectivity index (χ1n) is 7.44. The molecule has 2 aliphatic rings. The first-order chi connectivity index (χ1) is 10.1. The van der Waals surface area contributed by atoms with Crippen molar-refractivity contribution in [3.63, 3.8) is 0 Å². The number of para-hydroxylation sites is 1. The summed E-state index contributed by atoms with van der Waals surface area (Å²) >= 11 is 1.70. The van der Waals surface area contributed by atoms with Crippen molar-refractivity contribution in [2.45, 2.75) is 12.8 Å². The molecular formula is C16H19N3OS. The average Bonchev–Trinajstić information content (AvgIpc) is 2.81. The van der Waals surface area contributed by atoms with Crippen LogP contribution >= 0.6 is 11.3 Å². The minimum absolute atomic E-state index is 0.287. The van der Waals surface area contributed by atoms with Gasteiger partial charge in [0.05, 0.1) is 15.2 Å². The lowest BCUT2D eigenvalue weighted by molar-refractivity contribution is -0.156. The Bertz CT molecular complexity index is 649. The molecule has 3 heterocycles. The summed E-state index contributed by atoms with van der Waals surface area (Å²) < 4.78 is 1.21. The van der Waals surface area contributed by atoms with Crippen molar-refractivity contribution in [1.29, 1.82) is 0 Å². The molecule has 0 unspecified atom stereocenters. The van der Waals surface area contributed by atoms with Crippen LogP contribution in [0.1, 0.15) is 11.4 Å². The van der Waals surface area contributed by atoms with Crippen molar-refractivity contribution in [1.82, 2.24) is 14.8 Å². The minimum atomic E-state index is 0.287. The van der Waals surface area contributed by atoms with E-state index in [4.69, 9.17) is 0 Å². The zero-order chi connectivity index (χ0) is 14.4. The van der Waals surface area contributed by atoms with Crippen LogP contribution in [0.5, 0.6) is 0 Å². The van der Waals surface area contributed by atoms with Gasteiger partial charge in [0.15, 0.2) is 0 Å². The first kappa shape index (κ1) is 13.2. The summed E-state index contributed by atoms with van der Waals surface area (Å²) in [5.41, 5.74) is 1.48. The Morgan fingerprint density at radius 2 is 2.05 bits per heavy atom. The molecule has 110 valence electrons. The summed E-state index contributed by atoms with van der Waals surface area (Å²) in [6.07, 6.45) is 1.35. The first-order valence-corrected chi connectivity index (χ1v) is 8.26.